The molecule has 0 radical (unpaired) electrons. The first-order valence-electron chi connectivity index (χ1n) is 10.0. The second-order valence-corrected chi connectivity index (χ2v) is 8.81. The molecular formula is C22H23ClN4O3S. The van der Waals surface area contributed by atoms with Crippen LogP contribution in [-0.4, -0.2) is 54.4 Å². The van der Waals surface area contributed by atoms with Crippen LogP contribution in [0.4, 0.5) is 5.69 Å². The van der Waals surface area contributed by atoms with Gasteiger partial charge in [-0.3, -0.25) is 9.59 Å². The molecular weight excluding hydrogens is 436 g/mol. The summed E-state index contributed by atoms with van der Waals surface area (Å²) in [6, 6.07) is 11.4. The summed E-state index contributed by atoms with van der Waals surface area (Å²) in [5.41, 5.74) is 1.67. The van der Waals surface area contributed by atoms with Gasteiger partial charge in [0.2, 0.25) is 5.91 Å². The number of rotatable bonds is 5. The van der Waals surface area contributed by atoms with E-state index in [1.165, 1.54) is 11.3 Å². The number of amides is 2. The van der Waals surface area contributed by atoms with Crippen LogP contribution < -0.4 is 10.2 Å². The zero-order valence-electron chi connectivity index (χ0n) is 17.4. The molecule has 4 rings (SSSR count). The third-order valence-corrected chi connectivity index (χ3v) is 6.57. The average molecular weight is 459 g/mol. The molecule has 0 atom stereocenters. The standard InChI is InChI=1S/C22H23ClN4O3S/c1-14-6-7-18(30-14)22-25-15(2)20(31-22)21(29)24-13-19(28)27-10-8-26(9-11-27)17-5-3-4-16(23)12-17/h3-7,12H,8-11,13H2,1-2H3,(H,24,29). The number of nitrogens with zero attached hydrogens (tertiary/aromatic N) is 3. The minimum absolute atomic E-state index is 0.0392. The van der Waals surface area contributed by atoms with Gasteiger partial charge in [-0.25, -0.2) is 4.98 Å². The van der Waals surface area contributed by atoms with Gasteiger partial charge < -0.3 is 19.5 Å². The number of carbonyl (C=O) groups is 2. The van der Waals surface area contributed by atoms with Gasteiger partial charge >= 0.3 is 0 Å². The van der Waals surface area contributed by atoms with Crippen molar-refractivity contribution in [2.45, 2.75) is 13.8 Å². The van der Waals surface area contributed by atoms with Crippen molar-refractivity contribution in [1.29, 1.82) is 0 Å². The molecule has 2 amide bonds. The Bertz CT molecular complexity index is 1100. The number of anilines is 1. The van der Waals surface area contributed by atoms with Crippen LogP contribution in [0.5, 0.6) is 0 Å². The quantitative estimate of drug-likeness (QED) is 0.630. The second kappa shape index (κ2) is 9.11. The Balaban J connectivity index is 1.30. The first-order valence-corrected chi connectivity index (χ1v) is 11.2. The van der Waals surface area contributed by atoms with E-state index in [9.17, 15) is 9.59 Å². The van der Waals surface area contributed by atoms with Gasteiger partial charge in [0.05, 0.1) is 12.2 Å². The molecule has 0 saturated carbocycles. The van der Waals surface area contributed by atoms with Crippen molar-refractivity contribution in [2.75, 3.05) is 37.6 Å². The lowest BCUT2D eigenvalue weighted by Crippen LogP contribution is -2.51. The smallest absolute Gasteiger partial charge is 0.263 e. The molecule has 1 aliphatic rings. The van der Waals surface area contributed by atoms with Crippen molar-refractivity contribution in [1.82, 2.24) is 15.2 Å². The molecule has 7 nitrogen and oxygen atoms in total. The van der Waals surface area contributed by atoms with Gasteiger partial charge in [-0.2, -0.15) is 0 Å². The summed E-state index contributed by atoms with van der Waals surface area (Å²) in [6.07, 6.45) is 0. The van der Waals surface area contributed by atoms with E-state index in [1.807, 2.05) is 43.3 Å². The van der Waals surface area contributed by atoms with Crippen LogP contribution in [0.2, 0.25) is 5.02 Å². The lowest BCUT2D eigenvalue weighted by atomic mass is 10.2. The van der Waals surface area contributed by atoms with E-state index in [-0.39, 0.29) is 18.4 Å². The van der Waals surface area contributed by atoms with E-state index < -0.39 is 0 Å². The summed E-state index contributed by atoms with van der Waals surface area (Å²) in [5.74, 6) is 1.03. The number of furan rings is 1. The zero-order valence-corrected chi connectivity index (χ0v) is 18.9. The lowest BCUT2D eigenvalue weighted by Gasteiger charge is -2.36. The number of aryl methyl sites for hydroxylation is 2. The molecule has 9 heteroatoms. The predicted molar refractivity (Wildman–Crippen MR) is 122 cm³/mol. The van der Waals surface area contributed by atoms with E-state index >= 15 is 0 Å². The van der Waals surface area contributed by atoms with Gasteiger partial charge in [0.1, 0.15) is 10.6 Å². The van der Waals surface area contributed by atoms with E-state index in [4.69, 9.17) is 16.0 Å². The van der Waals surface area contributed by atoms with Gasteiger partial charge in [-0.1, -0.05) is 17.7 Å². The lowest BCUT2D eigenvalue weighted by molar-refractivity contribution is -0.130. The van der Waals surface area contributed by atoms with E-state index in [0.717, 1.165) is 24.5 Å². The summed E-state index contributed by atoms with van der Waals surface area (Å²) >= 11 is 7.33. The second-order valence-electron chi connectivity index (χ2n) is 7.37. The Labute approximate surface area is 189 Å². The van der Waals surface area contributed by atoms with Crippen molar-refractivity contribution in [2.24, 2.45) is 0 Å². The molecule has 2 aromatic heterocycles. The predicted octanol–water partition coefficient (Wildman–Crippen LogP) is 3.75. The molecule has 1 N–H and O–H groups in total. The minimum Gasteiger partial charge on any atom is -0.459 e. The van der Waals surface area contributed by atoms with Gasteiger partial charge in [-0.05, 0) is 44.2 Å². The molecule has 0 unspecified atom stereocenters. The van der Waals surface area contributed by atoms with E-state index in [2.05, 4.69) is 15.2 Å². The average Bonchev–Trinajstić information content (AvgIpc) is 3.37. The van der Waals surface area contributed by atoms with Crippen molar-refractivity contribution in [3.05, 3.63) is 57.8 Å². The molecule has 162 valence electrons. The fourth-order valence-corrected chi connectivity index (χ4v) is 4.63. The SMILES string of the molecule is Cc1ccc(-c2nc(C)c(C(=O)NCC(=O)N3CCN(c4cccc(Cl)c4)CC3)s2)o1. The fourth-order valence-electron chi connectivity index (χ4n) is 3.50. The molecule has 0 bridgehead atoms. The molecule has 1 aromatic carbocycles. The molecule has 1 fully saturated rings. The number of hydrogen-bond donors (Lipinski definition) is 1. The van der Waals surface area contributed by atoms with Crippen LogP contribution in [0.25, 0.3) is 10.8 Å². The number of thiazole rings is 1. The van der Waals surface area contributed by atoms with Crippen LogP contribution in [0, 0.1) is 13.8 Å². The van der Waals surface area contributed by atoms with Crippen molar-refractivity contribution < 1.29 is 14.0 Å². The Morgan fingerprint density at radius 1 is 1.16 bits per heavy atom. The van der Waals surface area contributed by atoms with Crippen LogP contribution in [0.15, 0.2) is 40.8 Å². The number of halogens is 1. The highest BCUT2D eigenvalue weighted by Crippen LogP contribution is 2.29. The number of hydrogen-bond acceptors (Lipinski definition) is 6. The maximum atomic E-state index is 12.6. The number of aromatic nitrogens is 1. The summed E-state index contributed by atoms with van der Waals surface area (Å²) in [6.45, 7) is 6.24. The van der Waals surface area contributed by atoms with Gasteiger partial charge in [0.25, 0.3) is 5.91 Å². The van der Waals surface area contributed by atoms with Crippen LogP contribution in [0.3, 0.4) is 0 Å². The molecule has 1 saturated heterocycles. The van der Waals surface area contributed by atoms with Gasteiger partial charge in [0, 0.05) is 36.9 Å². The summed E-state index contributed by atoms with van der Waals surface area (Å²) in [5, 5.41) is 4.08. The zero-order chi connectivity index (χ0) is 22.0. The van der Waals surface area contributed by atoms with Crippen molar-refractivity contribution in [3.8, 4) is 10.8 Å². The number of piperazine rings is 1. The van der Waals surface area contributed by atoms with Gasteiger partial charge in [0.15, 0.2) is 10.8 Å². The summed E-state index contributed by atoms with van der Waals surface area (Å²) in [7, 11) is 0. The Morgan fingerprint density at radius 2 is 1.94 bits per heavy atom. The Hall–Kier alpha value is -2.84. The van der Waals surface area contributed by atoms with Crippen LogP contribution in [-0.2, 0) is 4.79 Å². The van der Waals surface area contributed by atoms with Crippen LogP contribution in [0.1, 0.15) is 21.1 Å². The van der Waals surface area contributed by atoms with Crippen molar-refractivity contribution >= 4 is 40.4 Å². The summed E-state index contributed by atoms with van der Waals surface area (Å²) < 4.78 is 5.59. The third kappa shape index (κ3) is 4.91. The molecule has 0 aliphatic carbocycles. The molecule has 3 aromatic rings. The number of benzene rings is 1. The van der Waals surface area contributed by atoms with Crippen molar-refractivity contribution in [3.63, 3.8) is 0 Å². The normalized spacial score (nSPS) is 14.0. The van der Waals surface area contributed by atoms with E-state index in [0.29, 0.717) is 39.5 Å². The molecule has 1 aliphatic heterocycles. The maximum absolute atomic E-state index is 12.6. The highest BCUT2D eigenvalue weighted by Gasteiger charge is 2.23. The number of nitrogens with one attached hydrogen (secondary N) is 1. The Morgan fingerprint density at radius 3 is 2.61 bits per heavy atom. The first kappa shape index (κ1) is 21.4. The van der Waals surface area contributed by atoms with E-state index in [1.54, 1.807) is 11.8 Å². The monoisotopic (exact) mass is 458 g/mol. The fraction of sp³-hybridized carbons (Fsp3) is 0.318. The number of carbonyl (C=O) groups excluding carboxylic acids is 2. The highest BCUT2D eigenvalue weighted by molar-refractivity contribution is 7.17. The van der Waals surface area contributed by atoms with Gasteiger partial charge in [-0.15, -0.1) is 11.3 Å². The Kier molecular flexibility index (Phi) is 6.29. The molecule has 31 heavy (non-hydrogen) atoms. The first-order chi connectivity index (χ1) is 14.9. The maximum Gasteiger partial charge on any atom is 0.263 e. The summed E-state index contributed by atoms with van der Waals surface area (Å²) in [4.78, 5) is 34.1. The largest absolute Gasteiger partial charge is 0.459 e. The highest BCUT2D eigenvalue weighted by atomic mass is 35.5. The molecule has 0 spiro atoms. The minimum atomic E-state index is -0.296. The topological polar surface area (TPSA) is 78.7 Å². The van der Waals surface area contributed by atoms with Crippen LogP contribution >= 0.6 is 22.9 Å². The molecule has 3 heterocycles. The third-order valence-electron chi connectivity index (χ3n) is 5.16.